The second-order valence-electron chi connectivity index (χ2n) is 1.79. The van der Waals surface area contributed by atoms with E-state index in [9.17, 15) is 4.79 Å². The Morgan fingerprint density at radius 3 is 3.22 bits per heavy atom. The van der Waals surface area contributed by atoms with Gasteiger partial charge in [0.05, 0.1) is 6.20 Å². The molecule has 3 nitrogen and oxygen atoms in total. The molecule has 0 aromatic rings. The highest BCUT2D eigenvalue weighted by atomic mass is 16.5. The molecule has 44 valence electrons. The quantitative estimate of drug-likeness (QED) is 0.435. The van der Waals surface area contributed by atoms with E-state index in [-0.39, 0.29) is 5.97 Å². The average Bonchev–Trinajstić information content (AvgIpc) is 2.22. The lowest BCUT2D eigenvalue weighted by Gasteiger charge is -1.89. The lowest BCUT2D eigenvalue weighted by molar-refractivity contribution is -0.132. The molecule has 0 aromatic carbocycles. The van der Waals surface area contributed by atoms with Gasteiger partial charge in [-0.15, -0.1) is 0 Å². The fraction of sp³-hybridized carbons (Fsp3) is 0. The van der Waals surface area contributed by atoms with Crippen molar-refractivity contribution in [2.45, 2.75) is 0 Å². The highest BCUT2D eigenvalue weighted by Crippen LogP contribution is 2.21. The average molecular weight is 121 g/mol. The third kappa shape index (κ3) is 0.512. The molecule has 0 aromatic heterocycles. The second-order valence-corrected chi connectivity index (χ2v) is 1.79. The second kappa shape index (κ2) is 1.31. The molecule has 2 rings (SSSR count). The van der Waals surface area contributed by atoms with Gasteiger partial charge < -0.3 is 4.74 Å². The van der Waals surface area contributed by atoms with Crippen molar-refractivity contribution in [3.05, 3.63) is 23.6 Å². The van der Waals surface area contributed by atoms with Crippen LogP contribution in [0.4, 0.5) is 0 Å². The number of aliphatic imine (C=N–C) groups is 1. The summed E-state index contributed by atoms with van der Waals surface area (Å²) >= 11 is 0. The number of nitrogens with zero attached hydrogens (tertiary/aromatic N) is 1. The lowest BCUT2D eigenvalue weighted by atomic mass is 10.3. The van der Waals surface area contributed by atoms with E-state index in [4.69, 9.17) is 0 Å². The summed E-state index contributed by atoms with van der Waals surface area (Å²) in [6.45, 7) is 0. The lowest BCUT2D eigenvalue weighted by Crippen LogP contribution is -1.88. The Labute approximate surface area is 51.3 Å². The van der Waals surface area contributed by atoms with Crippen molar-refractivity contribution in [3.8, 4) is 0 Å². The minimum Gasteiger partial charge on any atom is -0.421 e. The van der Waals surface area contributed by atoms with E-state index in [1.807, 2.05) is 0 Å². The molecule has 0 radical (unpaired) electrons. The predicted molar refractivity (Wildman–Crippen MR) is 30.7 cm³/mol. The normalized spacial score (nSPS) is 21.1. The van der Waals surface area contributed by atoms with Crippen LogP contribution >= 0.6 is 0 Å². The first kappa shape index (κ1) is 4.49. The molecule has 0 fully saturated rings. The summed E-state index contributed by atoms with van der Waals surface area (Å²) in [5, 5.41) is 0. The molecule has 3 heteroatoms. The molecule has 0 aliphatic carbocycles. The minimum absolute atomic E-state index is 0.303. The van der Waals surface area contributed by atoms with Crippen molar-refractivity contribution < 1.29 is 9.53 Å². The van der Waals surface area contributed by atoms with Crippen molar-refractivity contribution in [1.29, 1.82) is 0 Å². The highest BCUT2D eigenvalue weighted by molar-refractivity contribution is 6.01. The highest BCUT2D eigenvalue weighted by Gasteiger charge is 2.20. The summed E-state index contributed by atoms with van der Waals surface area (Å²) in [5.74, 6) is 0.266. The fourth-order valence-electron chi connectivity index (χ4n) is 0.782. The van der Waals surface area contributed by atoms with E-state index in [0.29, 0.717) is 5.76 Å². The molecule has 0 saturated heterocycles. The maximum atomic E-state index is 10.5. The summed E-state index contributed by atoms with van der Waals surface area (Å²) in [7, 11) is 0. The van der Waals surface area contributed by atoms with E-state index in [1.54, 1.807) is 6.21 Å². The summed E-state index contributed by atoms with van der Waals surface area (Å²) in [4.78, 5) is 14.2. The zero-order valence-electron chi connectivity index (χ0n) is 4.50. The zero-order chi connectivity index (χ0) is 6.27. The van der Waals surface area contributed by atoms with Crippen molar-refractivity contribution in [3.63, 3.8) is 0 Å². The number of hydrogen-bond donors (Lipinski definition) is 0. The molecule has 9 heavy (non-hydrogen) atoms. The number of fused-ring (bicyclic) bond motifs is 1. The van der Waals surface area contributed by atoms with Gasteiger partial charge in [0.15, 0.2) is 5.76 Å². The Balaban J connectivity index is 2.51. The summed E-state index contributed by atoms with van der Waals surface area (Å²) in [6.07, 6.45) is 4.54. The Bertz CT molecular complexity index is 260. The Morgan fingerprint density at radius 1 is 1.56 bits per heavy atom. The molecular formula is C6H3NO2. The van der Waals surface area contributed by atoms with Gasteiger partial charge in [0.2, 0.25) is 0 Å². The third-order valence-electron chi connectivity index (χ3n) is 1.17. The number of carbonyl (C=O) groups is 1. The number of carbonyl (C=O) groups excluding carboxylic acids is 1. The largest absolute Gasteiger partial charge is 0.421 e. The van der Waals surface area contributed by atoms with Gasteiger partial charge in [-0.2, -0.15) is 0 Å². The van der Waals surface area contributed by atoms with Crippen LogP contribution in [-0.2, 0) is 9.53 Å². The van der Waals surface area contributed by atoms with Crippen LogP contribution in [0.15, 0.2) is 28.6 Å². The van der Waals surface area contributed by atoms with Gasteiger partial charge in [-0.1, -0.05) is 0 Å². The predicted octanol–water partition coefficient (Wildman–Crippen LogP) is 0.395. The molecule has 0 amide bonds. The zero-order valence-corrected chi connectivity index (χ0v) is 4.50. The number of rotatable bonds is 0. The number of allylic oxidation sites excluding steroid dienone is 1. The van der Waals surface area contributed by atoms with Crippen LogP contribution in [0.2, 0.25) is 0 Å². The van der Waals surface area contributed by atoms with Gasteiger partial charge in [-0.3, -0.25) is 4.99 Å². The molecular weight excluding hydrogens is 118 g/mol. The molecule has 2 aliphatic rings. The minimum atomic E-state index is -0.303. The Kier molecular flexibility index (Phi) is 0.656. The van der Waals surface area contributed by atoms with Crippen LogP contribution in [-0.4, -0.2) is 12.2 Å². The van der Waals surface area contributed by atoms with Gasteiger partial charge in [0.1, 0.15) is 0 Å². The van der Waals surface area contributed by atoms with E-state index in [2.05, 4.69) is 9.73 Å². The standard InChI is InChI=1S/C6H3NO2/c8-6-1-4-2-7-3-5(4)9-6/h1-3H. The topological polar surface area (TPSA) is 38.7 Å². The van der Waals surface area contributed by atoms with Gasteiger partial charge in [0.25, 0.3) is 0 Å². The van der Waals surface area contributed by atoms with Crippen molar-refractivity contribution >= 4 is 12.2 Å². The first-order valence-electron chi connectivity index (χ1n) is 2.53. The van der Waals surface area contributed by atoms with Crippen LogP contribution in [0.1, 0.15) is 0 Å². The third-order valence-corrected chi connectivity index (χ3v) is 1.17. The van der Waals surface area contributed by atoms with E-state index < -0.39 is 0 Å². The maximum Gasteiger partial charge on any atom is 0.337 e. The molecule has 2 aliphatic heterocycles. The van der Waals surface area contributed by atoms with Crippen molar-refractivity contribution in [2.24, 2.45) is 4.99 Å². The fourth-order valence-corrected chi connectivity index (χ4v) is 0.782. The monoisotopic (exact) mass is 121 g/mol. The van der Waals surface area contributed by atoms with Gasteiger partial charge >= 0.3 is 5.97 Å². The van der Waals surface area contributed by atoms with Crippen LogP contribution in [0, 0.1) is 0 Å². The summed E-state index contributed by atoms with van der Waals surface area (Å²) in [5.41, 5.74) is 0.778. The number of hydrogen-bond acceptors (Lipinski definition) is 3. The number of ether oxygens (including phenoxy) is 1. The van der Waals surface area contributed by atoms with Crippen molar-refractivity contribution in [1.82, 2.24) is 0 Å². The van der Waals surface area contributed by atoms with E-state index in [0.717, 1.165) is 5.57 Å². The maximum absolute atomic E-state index is 10.5. The van der Waals surface area contributed by atoms with Gasteiger partial charge in [-0.05, 0) is 0 Å². The molecule has 0 N–H and O–H groups in total. The van der Waals surface area contributed by atoms with Crippen LogP contribution < -0.4 is 0 Å². The Morgan fingerprint density at radius 2 is 2.44 bits per heavy atom. The molecule has 0 atom stereocenters. The van der Waals surface area contributed by atoms with Crippen LogP contribution in [0.25, 0.3) is 0 Å². The van der Waals surface area contributed by atoms with Crippen LogP contribution in [0.3, 0.4) is 0 Å². The first-order chi connectivity index (χ1) is 4.36. The molecule has 0 bridgehead atoms. The summed E-state index contributed by atoms with van der Waals surface area (Å²) < 4.78 is 4.69. The first-order valence-corrected chi connectivity index (χ1v) is 2.53. The van der Waals surface area contributed by atoms with Gasteiger partial charge in [-0.25, -0.2) is 4.79 Å². The Hall–Kier alpha value is -1.38. The number of esters is 1. The summed E-state index contributed by atoms with van der Waals surface area (Å²) in [6, 6.07) is 0. The van der Waals surface area contributed by atoms with Crippen molar-refractivity contribution in [2.75, 3.05) is 0 Å². The molecule has 0 unspecified atom stereocenters. The van der Waals surface area contributed by atoms with E-state index in [1.165, 1.54) is 12.3 Å². The smallest absolute Gasteiger partial charge is 0.337 e. The molecule has 0 spiro atoms. The molecule has 2 heterocycles. The van der Waals surface area contributed by atoms with Gasteiger partial charge in [0, 0.05) is 17.9 Å². The van der Waals surface area contributed by atoms with Crippen LogP contribution in [0.5, 0.6) is 0 Å². The molecule has 0 saturated carbocycles. The SMILES string of the molecule is O=C1C=C2C=NC=C2O1. The van der Waals surface area contributed by atoms with E-state index >= 15 is 0 Å².